The van der Waals surface area contributed by atoms with E-state index >= 15 is 0 Å². The van der Waals surface area contributed by atoms with Gasteiger partial charge in [0.2, 0.25) is 0 Å². The molecule has 2 aliphatic rings. The Hall–Kier alpha value is -2.17. The van der Waals surface area contributed by atoms with E-state index < -0.39 is 0 Å². The maximum atomic E-state index is 13.5. The quantitative estimate of drug-likeness (QED) is 0.663. The molecule has 4 rings (SSSR count). The van der Waals surface area contributed by atoms with Gasteiger partial charge in [-0.25, -0.2) is 0 Å². The Labute approximate surface area is 187 Å². The van der Waals surface area contributed by atoms with Gasteiger partial charge in [-0.15, -0.1) is 0 Å². The van der Waals surface area contributed by atoms with Gasteiger partial charge in [-0.05, 0) is 53.9 Å². The fourth-order valence-corrected chi connectivity index (χ4v) is 4.82. The predicted octanol–water partition coefficient (Wildman–Crippen LogP) is 4.45. The first-order valence-electron chi connectivity index (χ1n) is 11.9. The van der Waals surface area contributed by atoms with Crippen molar-refractivity contribution in [1.82, 2.24) is 9.80 Å². The molecule has 1 aliphatic carbocycles. The van der Waals surface area contributed by atoms with E-state index in [1.807, 2.05) is 11.0 Å². The lowest BCUT2D eigenvalue weighted by molar-refractivity contribution is -0.151. The minimum Gasteiger partial charge on any atom is -0.366 e. The number of fused-ring (bicyclic) bond motifs is 1. The van der Waals surface area contributed by atoms with Gasteiger partial charge in [0, 0.05) is 32.7 Å². The molecule has 1 atom stereocenters. The van der Waals surface area contributed by atoms with E-state index in [1.165, 1.54) is 47.9 Å². The summed E-state index contributed by atoms with van der Waals surface area (Å²) in [6, 6.07) is 17.3. The Balaban J connectivity index is 1.43. The van der Waals surface area contributed by atoms with E-state index in [0.717, 1.165) is 19.6 Å². The molecule has 2 aromatic rings. The highest BCUT2D eigenvalue weighted by Crippen LogP contribution is 2.23. The van der Waals surface area contributed by atoms with Crippen molar-refractivity contribution in [2.24, 2.45) is 5.92 Å². The summed E-state index contributed by atoms with van der Waals surface area (Å²) in [5, 5.41) is 0. The SMILES string of the molecule is CC(C)CN(Cc1ccc2c(c1)CCCC2)C(=O)C1CN(Cc2ccccc2)CCO1. The molecule has 31 heavy (non-hydrogen) atoms. The minimum atomic E-state index is -0.381. The molecular formula is C27H36N2O2. The molecule has 1 amide bonds. The number of ether oxygens (including phenoxy) is 1. The van der Waals surface area contributed by atoms with Gasteiger partial charge in [-0.3, -0.25) is 9.69 Å². The molecule has 1 aliphatic heterocycles. The Morgan fingerprint density at radius 3 is 2.61 bits per heavy atom. The van der Waals surface area contributed by atoms with Crippen LogP contribution < -0.4 is 0 Å². The maximum absolute atomic E-state index is 13.5. The molecule has 2 aromatic carbocycles. The van der Waals surface area contributed by atoms with E-state index in [2.05, 4.69) is 61.2 Å². The van der Waals surface area contributed by atoms with Crippen LogP contribution in [0.1, 0.15) is 48.9 Å². The molecule has 166 valence electrons. The van der Waals surface area contributed by atoms with E-state index in [-0.39, 0.29) is 12.0 Å². The maximum Gasteiger partial charge on any atom is 0.253 e. The third kappa shape index (κ3) is 5.96. The fourth-order valence-electron chi connectivity index (χ4n) is 4.82. The van der Waals surface area contributed by atoms with Crippen LogP contribution in [0.4, 0.5) is 0 Å². The normalized spacial score (nSPS) is 19.3. The van der Waals surface area contributed by atoms with Gasteiger partial charge in [0.25, 0.3) is 5.91 Å². The smallest absolute Gasteiger partial charge is 0.253 e. The lowest BCUT2D eigenvalue weighted by Crippen LogP contribution is -2.51. The third-order valence-corrected chi connectivity index (χ3v) is 6.36. The van der Waals surface area contributed by atoms with Crippen molar-refractivity contribution in [3.05, 3.63) is 70.8 Å². The van der Waals surface area contributed by atoms with Gasteiger partial charge in [-0.2, -0.15) is 0 Å². The number of nitrogens with zero attached hydrogens (tertiary/aromatic N) is 2. The van der Waals surface area contributed by atoms with Crippen LogP contribution in [0.3, 0.4) is 0 Å². The molecule has 1 heterocycles. The molecule has 1 saturated heterocycles. The largest absolute Gasteiger partial charge is 0.366 e. The molecule has 0 N–H and O–H groups in total. The molecule has 0 spiro atoms. The van der Waals surface area contributed by atoms with E-state index in [1.54, 1.807) is 0 Å². The van der Waals surface area contributed by atoms with Crippen molar-refractivity contribution in [1.29, 1.82) is 0 Å². The van der Waals surface area contributed by atoms with Gasteiger partial charge < -0.3 is 9.64 Å². The molecule has 1 unspecified atom stereocenters. The number of carbonyl (C=O) groups excluding carboxylic acids is 1. The molecule has 0 aromatic heterocycles. The Morgan fingerprint density at radius 1 is 1.06 bits per heavy atom. The predicted molar refractivity (Wildman–Crippen MR) is 125 cm³/mol. The van der Waals surface area contributed by atoms with Crippen LogP contribution in [0.5, 0.6) is 0 Å². The van der Waals surface area contributed by atoms with Crippen molar-refractivity contribution in [2.75, 3.05) is 26.2 Å². The molecule has 1 fully saturated rings. The van der Waals surface area contributed by atoms with Crippen molar-refractivity contribution in [3.8, 4) is 0 Å². The first kappa shape index (κ1) is 22.0. The van der Waals surface area contributed by atoms with Crippen LogP contribution in [-0.2, 0) is 35.5 Å². The topological polar surface area (TPSA) is 32.8 Å². The van der Waals surface area contributed by atoms with Crippen molar-refractivity contribution >= 4 is 5.91 Å². The first-order valence-corrected chi connectivity index (χ1v) is 11.9. The van der Waals surface area contributed by atoms with Crippen molar-refractivity contribution in [2.45, 2.75) is 58.7 Å². The lowest BCUT2D eigenvalue weighted by Gasteiger charge is -2.35. The number of morpholine rings is 1. The molecule has 4 heteroatoms. The average molecular weight is 421 g/mol. The summed E-state index contributed by atoms with van der Waals surface area (Å²) in [6.45, 7) is 8.78. The number of hydrogen-bond acceptors (Lipinski definition) is 3. The number of carbonyl (C=O) groups is 1. The van der Waals surface area contributed by atoms with Crippen LogP contribution in [0.25, 0.3) is 0 Å². The van der Waals surface area contributed by atoms with Crippen LogP contribution in [0.15, 0.2) is 48.5 Å². The Kier molecular flexibility index (Phi) is 7.41. The van der Waals surface area contributed by atoms with Crippen LogP contribution in [0, 0.1) is 5.92 Å². The second-order valence-corrected chi connectivity index (χ2v) is 9.50. The fraction of sp³-hybridized carbons (Fsp3) is 0.519. The second-order valence-electron chi connectivity index (χ2n) is 9.50. The van der Waals surface area contributed by atoms with Crippen molar-refractivity contribution < 1.29 is 9.53 Å². The standard InChI is InChI=1S/C27H36N2O2/c1-21(2)17-29(19-23-12-13-24-10-6-7-11-25(24)16-23)27(30)26-20-28(14-15-31-26)18-22-8-4-3-5-9-22/h3-5,8-9,12-13,16,21,26H,6-7,10-11,14-15,17-20H2,1-2H3. The average Bonchev–Trinajstić information content (AvgIpc) is 2.79. The number of benzene rings is 2. The highest BCUT2D eigenvalue weighted by molar-refractivity contribution is 5.81. The van der Waals surface area contributed by atoms with E-state index in [0.29, 0.717) is 25.6 Å². The minimum absolute atomic E-state index is 0.129. The summed E-state index contributed by atoms with van der Waals surface area (Å²) in [5.41, 5.74) is 5.49. The molecular weight excluding hydrogens is 384 g/mol. The molecule has 0 bridgehead atoms. The zero-order valence-corrected chi connectivity index (χ0v) is 19.1. The van der Waals surface area contributed by atoms with E-state index in [9.17, 15) is 4.79 Å². The number of amides is 1. The van der Waals surface area contributed by atoms with Gasteiger partial charge >= 0.3 is 0 Å². The van der Waals surface area contributed by atoms with Gasteiger partial charge in [0.1, 0.15) is 6.10 Å². The van der Waals surface area contributed by atoms with Crippen LogP contribution >= 0.6 is 0 Å². The monoisotopic (exact) mass is 420 g/mol. The second kappa shape index (κ2) is 10.4. The van der Waals surface area contributed by atoms with Gasteiger partial charge in [0.05, 0.1) is 6.61 Å². The molecule has 0 saturated carbocycles. The number of hydrogen-bond donors (Lipinski definition) is 0. The Morgan fingerprint density at radius 2 is 1.84 bits per heavy atom. The Bertz CT molecular complexity index is 865. The number of aryl methyl sites for hydroxylation is 2. The van der Waals surface area contributed by atoms with Crippen LogP contribution in [-0.4, -0.2) is 48.1 Å². The summed E-state index contributed by atoms with van der Waals surface area (Å²) in [4.78, 5) is 17.9. The summed E-state index contributed by atoms with van der Waals surface area (Å²) >= 11 is 0. The summed E-state index contributed by atoms with van der Waals surface area (Å²) in [5.74, 6) is 0.551. The molecule has 0 radical (unpaired) electrons. The highest BCUT2D eigenvalue weighted by atomic mass is 16.5. The third-order valence-electron chi connectivity index (χ3n) is 6.36. The van der Waals surface area contributed by atoms with Crippen molar-refractivity contribution in [3.63, 3.8) is 0 Å². The van der Waals surface area contributed by atoms with E-state index in [4.69, 9.17) is 4.74 Å². The summed E-state index contributed by atoms with van der Waals surface area (Å²) < 4.78 is 5.97. The van der Waals surface area contributed by atoms with Crippen LogP contribution in [0.2, 0.25) is 0 Å². The zero-order valence-electron chi connectivity index (χ0n) is 19.1. The summed E-state index contributed by atoms with van der Waals surface area (Å²) in [6.07, 6.45) is 4.55. The molecule has 4 nitrogen and oxygen atoms in total. The van der Waals surface area contributed by atoms with Gasteiger partial charge in [0.15, 0.2) is 0 Å². The van der Waals surface area contributed by atoms with Gasteiger partial charge in [-0.1, -0.05) is 62.4 Å². The highest BCUT2D eigenvalue weighted by Gasteiger charge is 2.30. The summed E-state index contributed by atoms with van der Waals surface area (Å²) in [7, 11) is 0. The number of rotatable bonds is 7. The zero-order chi connectivity index (χ0) is 21.6. The first-order chi connectivity index (χ1) is 15.1. The lowest BCUT2D eigenvalue weighted by atomic mass is 9.90.